The molecular formula is C24H24AuO2P. The summed E-state index contributed by atoms with van der Waals surface area (Å²) in [5.74, 6) is -0.452. The van der Waals surface area contributed by atoms with Crippen LogP contribution >= 0.6 is 7.92 Å². The summed E-state index contributed by atoms with van der Waals surface area (Å²) in [7, 11) is -0.149. The average Bonchev–Trinajstić information content (AvgIpc) is 2.71. The zero-order valence-corrected chi connectivity index (χ0v) is 19.1. The first-order valence-corrected chi connectivity index (χ1v) is 10.5. The molecule has 0 unspecified atom stereocenters. The smallest absolute Gasteiger partial charge is 0.331 e. The number of hydrogen-bond donors (Lipinski definition) is 0. The molecule has 0 aromatic heterocycles. The Kier molecular flexibility index (Phi) is 11.4. The van der Waals surface area contributed by atoms with E-state index in [2.05, 4.69) is 67.6 Å². The summed E-state index contributed by atoms with van der Waals surface area (Å²) < 4.78 is 0. The van der Waals surface area contributed by atoms with Crippen LogP contribution in [0.4, 0.5) is 0 Å². The number of rotatable bonds is 6. The summed E-state index contributed by atoms with van der Waals surface area (Å²) >= 11 is 0. The first-order valence-electron chi connectivity index (χ1n) is 8.94. The van der Waals surface area contributed by atoms with Crippen LogP contribution in [0.25, 0.3) is 0 Å². The topological polar surface area (TPSA) is 34.1 Å². The van der Waals surface area contributed by atoms with E-state index in [0.717, 1.165) is 6.42 Å². The Bertz CT molecular complexity index is 797. The molecule has 0 N–H and O–H groups in total. The molecule has 0 amide bonds. The van der Waals surface area contributed by atoms with Crippen molar-refractivity contribution in [1.29, 1.82) is 0 Å². The summed E-state index contributed by atoms with van der Waals surface area (Å²) in [5, 5.41) is 2.95. The van der Waals surface area contributed by atoms with Crippen LogP contribution in [0.15, 0.2) is 91.0 Å². The van der Waals surface area contributed by atoms with Crippen molar-refractivity contribution in [1.82, 2.24) is 0 Å². The molecule has 0 fully saturated rings. The summed E-state index contributed by atoms with van der Waals surface area (Å²) in [6.45, 7) is 3.63. The van der Waals surface area contributed by atoms with E-state index in [0.29, 0.717) is 5.56 Å². The molecule has 148 valence electrons. The van der Waals surface area contributed by atoms with Gasteiger partial charge in [0.1, 0.15) is 0 Å². The van der Waals surface area contributed by atoms with Crippen LogP contribution in [-0.2, 0) is 27.2 Å². The summed E-state index contributed by atoms with van der Waals surface area (Å²) in [4.78, 5) is 21.7. The van der Waals surface area contributed by atoms with Gasteiger partial charge in [0.2, 0.25) is 0 Å². The Morgan fingerprint density at radius 3 is 1.50 bits per heavy atom. The minimum Gasteiger partial charge on any atom is -0.331 e. The van der Waals surface area contributed by atoms with E-state index < -0.39 is 0 Å². The van der Waals surface area contributed by atoms with Gasteiger partial charge in [-0.2, -0.15) is 0 Å². The molecule has 0 aliphatic heterocycles. The zero-order valence-electron chi connectivity index (χ0n) is 16.0. The number of Topliss-reactive ketones (excluding diaryl/α,β-unsaturated/α-hetero) is 2. The molecule has 0 spiro atoms. The van der Waals surface area contributed by atoms with Crippen LogP contribution < -0.4 is 10.6 Å². The molecule has 3 aromatic rings. The molecule has 2 nitrogen and oxygen atoms in total. The number of carbonyl (C=O) groups excluding carboxylic acids is 2. The van der Waals surface area contributed by atoms with Gasteiger partial charge in [0, 0.05) is 5.78 Å². The normalized spacial score (nSPS) is 9.54. The first-order chi connectivity index (χ1) is 13.1. The van der Waals surface area contributed by atoms with Crippen molar-refractivity contribution in [2.45, 2.75) is 13.8 Å². The van der Waals surface area contributed by atoms with Gasteiger partial charge in [-0.05, 0) is 31.6 Å². The van der Waals surface area contributed by atoms with Crippen molar-refractivity contribution in [2.24, 2.45) is 0 Å². The van der Waals surface area contributed by atoms with Crippen LogP contribution in [0, 0.1) is 6.42 Å². The van der Waals surface area contributed by atoms with Crippen LogP contribution in [0.2, 0.25) is 0 Å². The fourth-order valence-corrected chi connectivity index (χ4v) is 4.69. The minimum absolute atomic E-state index is 0. The van der Waals surface area contributed by atoms with Gasteiger partial charge in [-0.15, -0.1) is 24.1 Å². The molecule has 0 saturated heterocycles. The summed E-state index contributed by atoms with van der Waals surface area (Å²) in [6, 6.07) is 30.3. The molecule has 0 aliphatic carbocycles. The molecule has 0 radical (unpaired) electrons. The van der Waals surface area contributed by atoms with Gasteiger partial charge in [0.25, 0.3) is 0 Å². The van der Waals surface area contributed by atoms with E-state index in [9.17, 15) is 9.59 Å². The van der Waals surface area contributed by atoms with Gasteiger partial charge in [0.05, 0.1) is 5.78 Å². The molecule has 0 aliphatic rings. The molecular weight excluding hydrogens is 548 g/mol. The SMILES string of the molecule is CC(=O)[CH-]C(=O)c1ccccc1.CCP(c1ccccc1)c1ccccc1.[Au+]. The van der Waals surface area contributed by atoms with Crippen LogP contribution in [-0.4, -0.2) is 17.7 Å². The third kappa shape index (κ3) is 7.96. The Morgan fingerprint density at radius 2 is 1.14 bits per heavy atom. The monoisotopic (exact) mass is 572 g/mol. The van der Waals surface area contributed by atoms with E-state index in [4.69, 9.17) is 0 Å². The number of carbonyl (C=O) groups is 2. The fraction of sp³-hybridized carbons (Fsp3) is 0.125. The van der Waals surface area contributed by atoms with Crippen LogP contribution in [0.1, 0.15) is 24.2 Å². The predicted molar refractivity (Wildman–Crippen MR) is 115 cm³/mol. The van der Waals surface area contributed by atoms with Crippen molar-refractivity contribution in [3.05, 3.63) is 103 Å². The summed E-state index contributed by atoms with van der Waals surface area (Å²) in [5.41, 5.74) is 0.549. The third-order valence-electron chi connectivity index (χ3n) is 3.84. The second-order valence-electron chi connectivity index (χ2n) is 5.90. The second kappa shape index (κ2) is 13.3. The molecule has 4 heteroatoms. The first kappa shape index (κ1) is 24.1. The molecule has 0 atom stereocenters. The summed E-state index contributed by atoms with van der Waals surface area (Å²) in [6.07, 6.45) is 2.30. The molecule has 3 aromatic carbocycles. The standard InChI is InChI=1S/C14H15P.C10H9O2.Au/c1-2-15(13-9-5-3-6-10-13)14-11-7-4-8-12-14;1-8(11)7-10(12)9-5-3-2-4-6-9;/h3-12H,2H2,1H3;2-7H,1H3;/q;-1;+1. The maximum Gasteiger partial charge on any atom is 1.00 e. The van der Waals surface area contributed by atoms with E-state index in [-0.39, 0.29) is 41.9 Å². The number of hydrogen-bond acceptors (Lipinski definition) is 2. The van der Waals surface area contributed by atoms with Crippen molar-refractivity contribution in [3.8, 4) is 0 Å². The van der Waals surface area contributed by atoms with Crippen molar-refractivity contribution >= 4 is 30.1 Å². The van der Waals surface area contributed by atoms with Gasteiger partial charge < -0.3 is 9.59 Å². The zero-order chi connectivity index (χ0) is 19.5. The molecule has 3 rings (SSSR count). The quantitative estimate of drug-likeness (QED) is 0.140. The average molecular weight is 572 g/mol. The van der Waals surface area contributed by atoms with Crippen molar-refractivity contribution < 1.29 is 32.0 Å². The third-order valence-corrected chi connectivity index (χ3v) is 6.32. The molecule has 0 saturated carbocycles. The number of benzene rings is 3. The second-order valence-corrected chi connectivity index (χ2v) is 8.42. The largest absolute Gasteiger partial charge is 1.00 e. The van der Waals surface area contributed by atoms with Gasteiger partial charge in [-0.1, -0.05) is 85.8 Å². The minimum atomic E-state index is -0.233. The van der Waals surface area contributed by atoms with Crippen LogP contribution in [0.5, 0.6) is 0 Å². The Labute approximate surface area is 184 Å². The Hall–Kier alpha value is -1.96. The van der Waals surface area contributed by atoms with E-state index in [1.54, 1.807) is 24.3 Å². The predicted octanol–water partition coefficient (Wildman–Crippen LogP) is 4.80. The molecule has 0 bridgehead atoms. The maximum atomic E-state index is 11.2. The van der Waals surface area contributed by atoms with Gasteiger partial charge in [-0.25, -0.2) is 0 Å². The molecule has 28 heavy (non-hydrogen) atoms. The van der Waals surface area contributed by atoms with E-state index in [1.807, 2.05) is 6.07 Å². The van der Waals surface area contributed by atoms with Gasteiger partial charge >= 0.3 is 22.4 Å². The van der Waals surface area contributed by atoms with E-state index in [1.165, 1.54) is 23.7 Å². The Morgan fingerprint density at radius 1 is 0.750 bits per heavy atom. The number of ketones is 2. The van der Waals surface area contributed by atoms with Gasteiger partial charge in [-0.3, -0.25) is 0 Å². The van der Waals surface area contributed by atoms with Gasteiger partial charge in [0.15, 0.2) is 0 Å². The van der Waals surface area contributed by atoms with E-state index >= 15 is 0 Å². The van der Waals surface area contributed by atoms with Crippen LogP contribution in [0.3, 0.4) is 0 Å². The molecule has 0 heterocycles. The maximum absolute atomic E-state index is 11.2. The van der Waals surface area contributed by atoms with Crippen molar-refractivity contribution in [2.75, 3.05) is 6.16 Å². The Balaban J connectivity index is 0.000000277. The van der Waals surface area contributed by atoms with Crippen molar-refractivity contribution in [3.63, 3.8) is 0 Å². The fourth-order valence-electron chi connectivity index (χ4n) is 2.60.